The lowest BCUT2D eigenvalue weighted by molar-refractivity contribution is -0.119. The largest absolute Gasteiger partial charge is 0.322 e. The Morgan fingerprint density at radius 1 is 1.22 bits per heavy atom. The third-order valence-corrected chi connectivity index (χ3v) is 4.63. The van der Waals surface area contributed by atoms with Crippen molar-refractivity contribution in [1.82, 2.24) is 10.2 Å². The van der Waals surface area contributed by atoms with Crippen LogP contribution in [0.2, 0.25) is 0 Å². The van der Waals surface area contributed by atoms with Crippen molar-refractivity contribution in [3.05, 3.63) is 59.3 Å². The summed E-state index contributed by atoms with van der Waals surface area (Å²) >= 11 is 0. The number of anilines is 1. The van der Waals surface area contributed by atoms with Crippen LogP contribution in [-0.2, 0) is 4.79 Å². The highest BCUT2D eigenvalue weighted by atomic mass is 19.1. The number of rotatable bonds is 4. The molecule has 1 saturated carbocycles. The highest BCUT2D eigenvalue weighted by molar-refractivity contribution is 6.01. The molecule has 5 nitrogen and oxygen atoms in total. The summed E-state index contributed by atoms with van der Waals surface area (Å²) in [5, 5.41) is 19.1. The second kappa shape index (κ2) is 6.32. The van der Waals surface area contributed by atoms with Crippen LogP contribution in [0.25, 0.3) is 23.1 Å². The van der Waals surface area contributed by atoms with E-state index in [1.165, 1.54) is 24.3 Å². The molecule has 0 bridgehead atoms. The molecule has 134 valence electrons. The summed E-state index contributed by atoms with van der Waals surface area (Å²) in [6.07, 6.45) is 4.44. The zero-order valence-corrected chi connectivity index (χ0v) is 14.1. The van der Waals surface area contributed by atoms with Gasteiger partial charge in [-0.25, -0.2) is 8.78 Å². The number of carbonyl (C=O) groups excluding carboxylic acids is 1. The Hall–Kier alpha value is -3.53. The summed E-state index contributed by atoms with van der Waals surface area (Å²) in [6.45, 7) is 0. The molecule has 1 aromatic heterocycles. The van der Waals surface area contributed by atoms with E-state index in [1.54, 1.807) is 24.3 Å². The van der Waals surface area contributed by atoms with Gasteiger partial charge in [-0.15, -0.1) is 0 Å². The third-order valence-electron chi connectivity index (χ3n) is 4.63. The standard InChI is InChI=1S/C20H14F2N4O/c21-13-4-1-12(2-5-13)3-6-16-14-9-18(15(22)10-17(14)26-25-16)24-19(27)20(11-23)7-8-20/h1-6,9-10H,7-8H2,(H,24,27)(H,25,26)/b6-3+. The van der Waals surface area contributed by atoms with E-state index in [2.05, 4.69) is 15.5 Å². The van der Waals surface area contributed by atoms with E-state index in [0.29, 0.717) is 29.4 Å². The molecule has 27 heavy (non-hydrogen) atoms. The summed E-state index contributed by atoms with van der Waals surface area (Å²) in [6, 6.07) is 10.7. The highest BCUT2D eigenvalue weighted by Crippen LogP contribution is 2.46. The van der Waals surface area contributed by atoms with Gasteiger partial charge in [0.25, 0.3) is 0 Å². The SMILES string of the molecule is N#CC1(C(=O)Nc2cc3c(/C=C/c4ccc(F)cc4)n[nH]c3cc2F)CC1. The van der Waals surface area contributed by atoms with Gasteiger partial charge < -0.3 is 5.32 Å². The van der Waals surface area contributed by atoms with E-state index >= 15 is 0 Å². The number of fused-ring (bicyclic) bond motifs is 1. The van der Waals surface area contributed by atoms with Crippen LogP contribution >= 0.6 is 0 Å². The molecular formula is C20H14F2N4O. The van der Waals surface area contributed by atoms with Gasteiger partial charge in [-0.3, -0.25) is 9.89 Å². The zero-order chi connectivity index (χ0) is 19.0. The van der Waals surface area contributed by atoms with Gasteiger partial charge in [-0.2, -0.15) is 10.4 Å². The Balaban J connectivity index is 1.64. The van der Waals surface area contributed by atoms with Crippen LogP contribution in [0.1, 0.15) is 24.1 Å². The summed E-state index contributed by atoms with van der Waals surface area (Å²) < 4.78 is 27.3. The molecule has 2 N–H and O–H groups in total. The molecule has 0 atom stereocenters. The Kier molecular flexibility index (Phi) is 3.96. The van der Waals surface area contributed by atoms with Crippen LogP contribution in [0, 0.1) is 28.4 Å². The van der Waals surface area contributed by atoms with Crippen LogP contribution in [0.4, 0.5) is 14.5 Å². The molecular weight excluding hydrogens is 350 g/mol. The van der Waals surface area contributed by atoms with Crippen LogP contribution in [0.15, 0.2) is 36.4 Å². The number of carbonyl (C=O) groups is 1. The lowest BCUT2D eigenvalue weighted by Crippen LogP contribution is -2.23. The van der Waals surface area contributed by atoms with E-state index in [4.69, 9.17) is 5.26 Å². The summed E-state index contributed by atoms with van der Waals surface area (Å²) in [5.41, 5.74) is 0.778. The fourth-order valence-corrected chi connectivity index (χ4v) is 2.79. The van der Waals surface area contributed by atoms with Crippen molar-refractivity contribution in [3.8, 4) is 6.07 Å². The van der Waals surface area contributed by atoms with Crippen molar-refractivity contribution in [2.24, 2.45) is 5.41 Å². The predicted octanol–water partition coefficient (Wildman–Crippen LogP) is 4.25. The van der Waals surface area contributed by atoms with Crippen LogP contribution < -0.4 is 5.32 Å². The molecule has 0 aliphatic heterocycles. The third kappa shape index (κ3) is 3.17. The van der Waals surface area contributed by atoms with E-state index < -0.39 is 17.1 Å². The number of halogens is 2. The van der Waals surface area contributed by atoms with Crippen molar-refractivity contribution in [1.29, 1.82) is 5.26 Å². The first-order valence-electron chi connectivity index (χ1n) is 8.35. The quantitative estimate of drug-likeness (QED) is 0.726. The Labute approximate surface area is 153 Å². The maximum atomic E-state index is 14.3. The maximum Gasteiger partial charge on any atom is 0.244 e. The molecule has 4 rings (SSSR count). The van der Waals surface area contributed by atoms with Gasteiger partial charge >= 0.3 is 0 Å². The van der Waals surface area contributed by atoms with Crippen molar-refractivity contribution in [3.63, 3.8) is 0 Å². The highest BCUT2D eigenvalue weighted by Gasteiger charge is 2.50. The predicted molar refractivity (Wildman–Crippen MR) is 97.3 cm³/mol. The molecule has 0 saturated heterocycles. The summed E-state index contributed by atoms with van der Waals surface area (Å²) in [7, 11) is 0. The molecule has 0 spiro atoms. The minimum absolute atomic E-state index is 0.00635. The van der Waals surface area contributed by atoms with Gasteiger partial charge in [-0.1, -0.05) is 18.2 Å². The topological polar surface area (TPSA) is 81.6 Å². The van der Waals surface area contributed by atoms with Crippen LogP contribution in [0.3, 0.4) is 0 Å². The first kappa shape index (κ1) is 16.9. The summed E-state index contributed by atoms with van der Waals surface area (Å²) in [4.78, 5) is 12.2. The van der Waals surface area contributed by atoms with Crippen molar-refractivity contribution in [2.45, 2.75) is 12.8 Å². The molecule has 1 aliphatic rings. The Morgan fingerprint density at radius 2 is 1.96 bits per heavy atom. The minimum Gasteiger partial charge on any atom is -0.322 e. The molecule has 1 aliphatic carbocycles. The van der Waals surface area contributed by atoms with Gasteiger partial charge in [0.05, 0.1) is 23.0 Å². The molecule has 0 unspecified atom stereocenters. The number of benzene rings is 2. The van der Waals surface area contributed by atoms with E-state index in [-0.39, 0.29) is 11.5 Å². The van der Waals surface area contributed by atoms with Crippen molar-refractivity contribution in [2.75, 3.05) is 5.32 Å². The fraction of sp³-hybridized carbons (Fsp3) is 0.150. The van der Waals surface area contributed by atoms with Gasteiger partial charge in [0, 0.05) is 11.5 Å². The van der Waals surface area contributed by atoms with Gasteiger partial charge in [0.15, 0.2) is 0 Å². The Morgan fingerprint density at radius 3 is 2.63 bits per heavy atom. The average Bonchev–Trinajstić information content (AvgIpc) is 3.38. The number of aromatic nitrogens is 2. The van der Waals surface area contributed by atoms with Crippen molar-refractivity contribution >= 4 is 34.6 Å². The van der Waals surface area contributed by atoms with Crippen molar-refractivity contribution < 1.29 is 13.6 Å². The number of H-pyrrole nitrogens is 1. The number of hydrogen-bond donors (Lipinski definition) is 2. The number of nitriles is 1. The Bertz CT molecular complexity index is 1110. The maximum absolute atomic E-state index is 14.3. The lowest BCUT2D eigenvalue weighted by atomic mass is 10.1. The van der Waals surface area contributed by atoms with E-state index in [9.17, 15) is 13.6 Å². The number of nitrogens with one attached hydrogen (secondary N) is 2. The average molecular weight is 364 g/mol. The van der Waals surface area contributed by atoms with Gasteiger partial charge in [0.1, 0.15) is 17.0 Å². The molecule has 1 heterocycles. The molecule has 3 aromatic rings. The zero-order valence-electron chi connectivity index (χ0n) is 14.1. The number of aromatic amines is 1. The smallest absolute Gasteiger partial charge is 0.244 e. The summed E-state index contributed by atoms with van der Waals surface area (Å²) in [5.74, 6) is -1.42. The van der Waals surface area contributed by atoms with Crippen LogP contribution in [-0.4, -0.2) is 16.1 Å². The molecule has 0 radical (unpaired) electrons. The van der Waals surface area contributed by atoms with Gasteiger partial charge in [0.2, 0.25) is 5.91 Å². The second-order valence-corrected chi connectivity index (χ2v) is 6.52. The first-order valence-corrected chi connectivity index (χ1v) is 8.35. The molecule has 1 fully saturated rings. The van der Waals surface area contributed by atoms with E-state index in [0.717, 1.165) is 5.56 Å². The number of nitrogens with zero attached hydrogens (tertiary/aromatic N) is 2. The molecule has 2 aromatic carbocycles. The normalized spacial score (nSPS) is 15.0. The molecule has 1 amide bonds. The minimum atomic E-state index is -1.04. The first-order chi connectivity index (χ1) is 13.0. The second-order valence-electron chi connectivity index (χ2n) is 6.52. The van der Waals surface area contributed by atoms with Gasteiger partial charge in [-0.05, 0) is 42.7 Å². The monoisotopic (exact) mass is 364 g/mol. The van der Waals surface area contributed by atoms with Crippen LogP contribution in [0.5, 0.6) is 0 Å². The molecule has 7 heteroatoms. The lowest BCUT2D eigenvalue weighted by Gasteiger charge is -2.09. The number of hydrogen-bond acceptors (Lipinski definition) is 3. The number of amides is 1. The van der Waals surface area contributed by atoms with E-state index in [1.807, 2.05) is 6.07 Å². The fourth-order valence-electron chi connectivity index (χ4n) is 2.79.